The van der Waals surface area contributed by atoms with Gasteiger partial charge >= 0.3 is 0 Å². The van der Waals surface area contributed by atoms with Crippen LogP contribution in [-0.2, 0) is 4.74 Å². The summed E-state index contributed by atoms with van der Waals surface area (Å²) in [6.07, 6.45) is 5.43. The molecular weight excluding hydrogens is 236 g/mol. The molecule has 3 atom stereocenters. The minimum Gasteiger partial charge on any atom is -0.394 e. The normalized spacial score (nSPS) is 30.9. The van der Waals surface area contributed by atoms with Gasteiger partial charge in [0.2, 0.25) is 0 Å². The molecule has 2 heteroatoms. The van der Waals surface area contributed by atoms with Gasteiger partial charge in [0.25, 0.3) is 0 Å². The summed E-state index contributed by atoms with van der Waals surface area (Å²) in [6, 6.07) is 0. The molecule has 1 aliphatic rings. The summed E-state index contributed by atoms with van der Waals surface area (Å²) in [7, 11) is 0. The van der Waals surface area contributed by atoms with Gasteiger partial charge in [-0.3, -0.25) is 0 Å². The predicted molar refractivity (Wildman–Crippen MR) is 81.0 cm³/mol. The first kappa shape index (κ1) is 16.2. The Morgan fingerprint density at radius 2 is 2.16 bits per heavy atom. The van der Waals surface area contributed by atoms with Crippen molar-refractivity contribution in [2.45, 2.75) is 33.1 Å². The maximum absolute atomic E-state index is 8.73. The highest BCUT2D eigenvalue weighted by molar-refractivity contribution is 5.16. The number of hydrogen-bond acceptors (Lipinski definition) is 2. The summed E-state index contributed by atoms with van der Waals surface area (Å²) in [5, 5.41) is 8.73. The van der Waals surface area contributed by atoms with Crippen molar-refractivity contribution < 1.29 is 9.84 Å². The standard InChI is InChI=1S/C17H28O2/c1-6-17(5)8-7-15(11-16(17)13(2)3)14(4)12-19-10-9-18/h6,15-16,18H,1-2,4,7-12H2,3,5H3. The third-order valence-corrected chi connectivity index (χ3v) is 4.51. The van der Waals surface area contributed by atoms with Crippen LogP contribution in [0.1, 0.15) is 33.1 Å². The number of aliphatic hydroxyl groups is 1. The van der Waals surface area contributed by atoms with Gasteiger partial charge < -0.3 is 9.84 Å². The molecule has 0 aromatic carbocycles. The Hall–Kier alpha value is -0.860. The first-order valence-corrected chi connectivity index (χ1v) is 7.10. The first-order valence-electron chi connectivity index (χ1n) is 7.10. The Kier molecular flexibility index (Phi) is 6.02. The van der Waals surface area contributed by atoms with E-state index < -0.39 is 0 Å². The zero-order chi connectivity index (χ0) is 14.5. The lowest BCUT2D eigenvalue weighted by atomic mass is 9.61. The van der Waals surface area contributed by atoms with E-state index in [0.717, 1.165) is 24.8 Å². The van der Waals surface area contributed by atoms with Crippen molar-refractivity contribution in [1.82, 2.24) is 0 Å². The largest absolute Gasteiger partial charge is 0.394 e. The van der Waals surface area contributed by atoms with Crippen LogP contribution in [0.5, 0.6) is 0 Å². The molecule has 0 spiro atoms. The molecule has 0 amide bonds. The van der Waals surface area contributed by atoms with Crippen molar-refractivity contribution in [3.8, 4) is 0 Å². The fraction of sp³-hybridized carbons (Fsp3) is 0.647. The van der Waals surface area contributed by atoms with Crippen molar-refractivity contribution in [2.24, 2.45) is 17.3 Å². The molecule has 0 bridgehead atoms. The van der Waals surface area contributed by atoms with Crippen LogP contribution >= 0.6 is 0 Å². The van der Waals surface area contributed by atoms with Crippen molar-refractivity contribution >= 4 is 0 Å². The molecule has 3 unspecified atom stereocenters. The zero-order valence-corrected chi connectivity index (χ0v) is 12.5. The highest BCUT2D eigenvalue weighted by Crippen LogP contribution is 2.48. The van der Waals surface area contributed by atoms with E-state index in [-0.39, 0.29) is 12.0 Å². The van der Waals surface area contributed by atoms with Crippen LogP contribution in [0.2, 0.25) is 0 Å². The molecule has 0 aromatic rings. The molecule has 0 heterocycles. The summed E-state index contributed by atoms with van der Waals surface area (Å²) in [5.41, 5.74) is 2.54. The summed E-state index contributed by atoms with van der Waals surface area (Å²) < 4.78 is 5.38. The van der Waals surface area contributed by atoms with Crippen molar-refractivity contribution in [2.75, 3.05) is 19.8 Å². The Morgan fingerprint density at radius 1 is 1.47 bits per heavy atom. The van der Waals surface area contributed by atoms with Crippen LogP contribution in [0.3, 0.4) is 0 Å². The molecule has 1 aliphatic carbocycles. The molecule has 108 valence electrons. The van der Waals surface area contributed by atoms with E-state index >= 15 is 0 Å². The third-order valence-electron chi connectivity index (χ3n) is 4.51. The number of allylic oxidation sites excluding steroid dienone is 2. The summed E-state index contributed by atoms with van der Waals surface area (Å²) in [6.45, 7) is 17.7. The van der Waals surface area contributed by atoms with E-state index in [1.54, 1.807) is 0 Å². The van der Waals surface area contributed by atoms with Crippen molar-refractivity contribution in [1.29, 1.82) is 0 Å². The van der Waals surface area contributed by atoms with Gasteiger partial charge in [-0.1, -0.05) is 31.7 Å². The van der Waals surface area contributed by atoms with E-state index in [4.69, 9.17) is 9.84 Å². The number of rotatable bonds is 7. The molecule has 1 N–H and O–H groups in total. The zero-order valence-electron chi connectivity index (χ0n) is 12.5. The van der Waals surface area contributed by atoms with E-state index in [0.29, 0.717) is 25.0 Å². The van der Waals surface area contributed by atoms with Crippen LogP contribution in [0.15, 0.2) is 37.0 Å². The molecule has 1 saturated carbocycles. The second-order valence-corrected chi connectivity index (χ2v) is 6.01. The maximum atomic E-state index is 8.73. The van der Waals surface area contributed by atoms with Crippen LogP contribution in [0.4, 0.5) is 0 Å². The van der Waals surface area contributed by atoms with Gasteiger partial charge in [0, 0.05) is 0 Å². The minimum atomic E-state index is 0.0703. The molecule has 0 radical (unpaired) electrons. The lowest BCUT2D eigenvalue weighted by Gasteiger charge is -2.43. The molecule has 1 fully saturated rings. The first-order chi connectivity index (χ1) is 8.94. The van der Waals surface area contributed by atoms with Gasteiger partial charge in [0.1, 0.15) is 0 Å². The van der Waals surface area contributed by atoms with E-state index in [1.165, 1.54) is 5.57 Å². The molecule has 1 rings (SSSR count). The summed E-state index contributed by atoms with van der Waals surface area (Å²) in [4.78, 5) is 0. The minimum absolute atomic E-state index is 0.0703. The highest BCUT2D eigenvalue weighted by Gasteiger charge is 2.38. The Labute approximate surface area is 117 Å². The summed E-state index contributed by atoms with van der Waals surface area (Å²) in [5.74, 6) is 0.965. The van der Waals surface area contributed by atoms with Crippen LogP contribution < -0.4 is 0 Å². The third kappa shape index (κ3) is 4.05. The second-order valence-electron chi connectivity index (χ2n) is 6.01. The lowest BCUT2D eigenvalue weighted by Crippen LogP contribution is -2.34. The van der Waals surface area contributed by atoms with Gasteiger partial charge in [0.15, 0.2) is 0 Å². The molecule has 0 saturated heterocycles. The lowest BCUT2D eigenvalue weighted by molar-refractivity contribution is 0.0954. The van der Waals surface area contributed by atoms with Gasteiger partial charge in [-0.05, 0) is 49.0 Å². The Morgan fingerprint density at radius 3 is 2.68 bits per heavy atom. The van der Waals surface area contributed by atoms with Gasteiger partial charge in [0.05, 0.1) is 19.8 Å². The van der Waals surface area contributed by atoms with Crippen molar-refractivity contribution in [3.63, 3.8) is 0 Å². The van der Waals surface area contributed by atoms with E-state index in [9.17, 15) is 0 Å². The SMILES string of the molecule is C=CC1(C)CCC(C(=C)COCCO)CC1C(=C)C. The molecule has 0 aromatic heterocycles. The molecule has 2 nitrogen and oxygen atoms in total. The molecular formula is C17H28O2. The molecule has 0 aliphatic heterocycles. The fourth-order valence-electron chi connectivity index (χ4n) is 3.10. The van der Waals surface area contributed by atoms with Crippen LogP contribution in [0.25, 0.3) is 0 Å². The average molecular weight is 264 g/mol. The van der Waals surface area contributed by atoms with Gasteiger partial charge in [-0.25, -0.2) is 0 Å². The van der Waals surface area contributed by atoms with E-state index in [1.807, 2.05) is 0 Å². The Bertz CT molecular complexity index is 345. The van der Waals surface area contributed by atoms with Gasteiger partial charge in [-0.15, -0.1) is 6.58 Å². The second kappa shape index (κ2) is 7.06. The number of aliphatic hydroxyl groups excluding tert-OH is 1. The highest BCUT2D eigenvalue weighted by atomic mass is 16.5. The fourth-order valence-corrected chi connectivity index (χ4v) is 3.10. The smallest absolute Gasteiger partial charge is 0.0702 e. The van der Waals surface area contributed by atoms with Crippen LogP contribution in [0, 0.1) is 17.3 Å². The van der Waals surface area contributed by atoms with Crippen molar-refractivity contribution in [3.05, 3.63) is 37.0 Å². The summed E-state index contributed by atoms with van der Waals surface area (Å²) >= 11 is 0. The maximum Gasteiger partial charge on any atom is 0.0702 e. The predicted octanol–water partition coefficient (Wildman–Crippen LogP) is 3.74. The Balaban J connectivity index is 2.64. The average Bonchev–Trinajstić information content (AvgIpc) is 2.39. The van der Waals surface area contributed by atoms with Crippen LogP contribution in [-0.4, -0.2) is 24.9 Å². The van der Waals surface area contributed by atoms with Gasteiger partial charge in [-0.2, -0.15) is 0 Å². The topological polar surface area (TPSA) is 29.5 Å². The molecule has 19 heavy (non-hydrogen) atoms. The quantitative estimate of drug-likeness (QED) is 0.561. The number of ether oxygens (including phenoxy) is 1. The monoisotopic (exact) mass is 264 g/mol. The number of hydrogen-bond donors (Lipinski definition) is 1. The van der Waals surface area contributed by atoms with E-state index in [2.05, 4.69) is 39.7 Å².